The number of ether oxygens (including phenoxy) is 5. The normalized spacial score (nSPS) is 22.0. The highest BCUT2D eigenvalue weighted by molar-refractivity contribution is 7.80. The van der Waals surface area contributed by atoms with Crippen molar-refractivity contribution in [3.8, 4) is 0 Å². The Labute approximate surface area is 245 Å². The second-order valence-electron chi connectivity index (χ2n) is 9.71. The molecule has 0 amide bonds. The van der Waals surface area contributed by atoms with Crippen molar-refractivity contribution in [1.29, 1.82) is 0 Å². The molecule has 3 aromatic carbocycles. The Morgan fingerprint density at radius 3 is 1.83 bits per heavy atom. The minimum absolute atomic E-state index is 0.0607. The molecule has 41 heavy (non-hydrogen) atoms. The van der Waals surface area contributed by atoms with Gasteiger partial charge in [0.15, 0.2) is 6.10 Å². The lowest BCUT2D eigenvalue weighted by Gasteiger charge is -2.44. The first-order chi connectivity index (χ1) is 19.9. The number of rotatable bonds is 13. The van der Waals surface area contributed by atoms with E-state index in [-0.39, 0.29) is 38.4 Å². The van der Waals surface area contributed by atoms with Crippen molar-refractivity contribution in [3.05, 3.63) is 108 Å². The summed E-state index contributed by atoms with van der Waals surface area (Å²) < 4.78 is 30.2. The van der Waals surface area contributed by atoms with Gasteiger partial charge in [0.25, 0.3) is 0 Å². The zero-order valence-corrected chi connectivity index (χ0v) is 23.7. The number of hydrogen-bond acceptors (Lipinski definition) is 9. The summed E-state index contributed by atoms with van der Waals surface area (Å²) in [6, 6.07) is 27.8. The molecule has 1 fully saturated rings. The van der Waals surface area contributed by atoms with E-state index in [4.69, 9.17) is 23.7 Å². The lowest BCUT2D eigenvalue weighted by atomic mass is 9.98. The molecule has 216 valence electrons. The van der Waals surface area contributed by atoms with E-state index in [9.17, 15) is 14.4 Å². The number of thiol groups is 1. The Kier molecular flexibility index (Phi) is 11.5. The van der Waals surface area contributed by atoms with E-state index in [1.807, 2.05) is 66.7 Å². The highest BCUT2D eigenvalue weighted by atomic mass is 32.1. The number of hydrogen-bond donors (Lipinski definition) is 1. The third-order valence-electron chi connectivity index (χ3n) is 6.52. The largest absolute Gasteiger partial charge is 0.459 e. The second-order valence-corrected chi connectivity index (χ2v) is 10.2. The summed E-state index contributed by atoms with van der Waals surface area (Å²) >= 11 is 4.59. The van der Waals surface area contributed by atoms with Crippen molar-refractivity contribution < 1.29 is 38.1 Å². The fourth-order valence-electron chi connectivity index (χ4n) is 4.38. The fraction of sp³-hybridized carbons (Fsp3) is 0.344. The van der Waals surface area contributed by atoms with Gasteiger partial charge < -0.3 is 28.5 Å². The topological polar surface area (TPSA) is 97.4 Å². The smallest absolute Gasteiger partial charge is 0.338 e. The molecular formula is C32H34O8S. The first kappa shape index (κ1) is 30.5. The van der Waals surface area contributed by atoms with Crippen molar-refractivity contribution >= 4 is 30.4 Å². The number of ketones is 1. The van der Waals surface area contributed by atoms with Crippen molar-refractivity contribution in [2.24, 2.45) is 0 Å². The Balaban J connectivity index is 1.57. The zero-order chi connectivity index (χ0) is 29.0. The average molecular weight is 579 g/mol. The minimum atomic E-state index is -0.955. The van der Waals surface area contributed by atoms with E-state index in [0.29, 0.717) is 5.56 Å². The van der Waals surface area contributed by atoms with Crippen LogP contribution < -0.4 is 0 Å². The van der Waals surface area contributed by atoms with Crippen LogP contribution in [0, 0.1) is 0 Å². The molecule has 0 bridgehead atoms. The molecular weight excluding hydrogens is 544 g/mol. The van der Waals surface area contributed by atoms with Crippen molar-refractivity contribution in [2.45, 2.75) is 62.8 Å². The molecule has 4 rings (SSSR count). The molecule has 0 aliphatic carbocycles. The Hall–Kier alpha value is -3.50. The summed E-state index contributed by atoms with van der Waals surface area (Å²) in [7, 11) is 0. The van der Waals surface area contributed by atoms with Crippen LogP contribution in [-0.2, 0) is 46.5 Å². The van der Waals surface area contributed by atoms with Crippen LogP contribution in [-0.4, -0.2) is 54.2 Å². The number of esters is 2. The highest BCUT2D eigenvalue weighted by Crippen LogP contribution is 2.32. The molecule has 1 aliphatic rings. The fourth-order valence-corrected chi connectivity index (χ4v) is 4.77. The van der Waals surface area contributed by atoms with Crippen LogP contribution in [0.5, 0.6) is 0 Å². The molecule has 1 aliphatic heterocycles. The van der Waals surface area contributed by atoms with E-state index < -0.39 is 41.8 Å². The lowest BCUT2D eigenvalue weighted by molar-refractivity contribution is -0.246. The van der Waals surface area contributed by atoms with Gasteiger partial charge in [-0.3, -0.25) is 4.79 Å². The molecule has 9 heteroatoms. The van der Waals surface area contributed by atoms with Crippen LogP contribution in [0.4, 0.5) is 0 Å². The van der Waals surface area contributed by atoms with Gasteiger partial charge >= 0.3 is 11.9 Å². The molecule has 0 saturated carbocycles. The van der Waals surface area contributed by atoms with Crippen LogP contribution >= 0.6 is 12.6 Å². The summed E-state index contributed by atoms with van der Waals surface area (Å²) in [6.45, 7) is 1.69. The number of carbonyl (C=O) groups is 3. The van der Waals surface area contributed by atoms with Crippen LogP contribution in [0.3, 0.4) is 0 Å². The van der Waals surface area contributed by atoms with Crippen LogP contribution in [0.1, 0.15) is 41.3 Å². The Morgan fingerprint density at radius 1 is 0.732 bits per heavy atom. The molecule has 0 unspecified atom stereocenters. The van der Waals surface area contributed by atoms with Gasteiger partial charge in [-0.25, -0.2) is 4.79 Å². The van der Waals surface area contributed by atoms with Gasteiger partial charge in [0.2, 0.25) is 0 Å². The molecule has 1 saturated heterocycles. The van der Waals surface area contributed by atoms with Crippen LogP contribution in [0.2, 0.25) is 0 Å². The first-order valence-corrected chi connectivity index (χ1v) is 14.0. The van der Waals surface area contributed by atoms with Crippen LogP contribution in [0.25, 0.3) is 0 Å². The van der Waals surface area contributed by atoms with E-state index in [2.05, 4.69) is 12.6 Å². The third-order valence-corrected chi connectivity index (χ3v) is 6.93. The monoisotopic (exact) mass is 578 g/mol. The molecule has 0 N–H and O–H groups in total. The van der Waals surface area contributed by atoms with Crippen molar-refractivity contribution in [1.82, 2.24) is 0 Å². The van der Waals surface area contributed by atoms with Gasteiger partial charge in [-0.2, -0.15) is 0 Å². The number of Topliss-reactive ketones (excluding diaryl/α,β-unsaturated/α-hetero) is 1. The second kappa shape index (κ2) is 15.5. The molecule has 5 atom stereocenters. The minimum Gasteiger partial charge on any atom is -0.459 e. The predicted molar refractivity (Wildman–Crippen MR) is 154 cm³/mol. The standard InChI is InChI=1S/C32H34O8S/c1-22(33)17-18-27(34)40-30-29(37-20-24-13-7-3-8-14-24)28(36-19-23-11-5-2-6-12-23)26(39-32(30)41)21-38-31(35)25-15-9-4-10-16-25/h2-16,26,28-30,32,41H,17-21H2,1H3/t26-,28-,29+,30-,32+/m1/s1. The van der Waals surface area contributed by atoms with Crippen molar-refractivity contribution in [3.63, 3.8) is 0 Å². The van der Waals surface area contributed by atoms with E-state index >= 15 is 0 Å². The highest BCUT2D eigenvalue weighted by Gasteiger charge is 2.49. The van der Waals surface area contributed by atoms with Gasteiger partial charge in [0.05, 0.1) is 25.2 Å². The average Bonchev–Trinajstić information content (AvgIpc) is 3.00. The van der Waals surface area contributed by atoms with Gasteiger partial charge in [-0.15, -0.1) is 12.6 Å². The molecule has 0 aromatic heterocycles. The molecule has 8 nitrogen and oxygen atoms in total. The molecule has 1 heterocycles. The molecule has 3 aromatic rings. The maximum atomic E-state index is 12.7. The van der Waals surface area contributed by atoms with E-state index in [1.165, 1.54) is 6.92 Å². The van der Waals surface area contributed by atoms with Gasteiger partial charge in [0.1, 0.15) is 36.1 Å². The summed E-state index contributed by atoms with van der Waals surface area (Å²) in [6.07, 6.45) is -3.37. The Morgan fingerprint density at radius 2 is 1.27 bits per heavy atom. The lowest BCUT2D eigenvalue weighted by Crippen LogP contribution is -2.60. The van der Waals surface area contributed by atoms with Gasteiger partial charge in [-0.1, -0.05) is 78.9 Å². The zero-order valence-electron chi connectivity index (χ0n) is 22.8. The summed E-state index contributed by atoms with van der Waals surface area (Å²) in [4.78, 5) is 36.8. The quantitative estimate of drug-likeness (QED) is 0.225. The summed E-state index contributed by atoms with van der Waals surface area (Å²) in [5.41, 5.74) is 1.32. The third kappa shape index (κ3) is 9.26. The predicted octanol–water partition coefficient (Wildman–Crippen LogP) is 4.95. The number of benzene rings is 3. The van der Waals surface area contributed by atoms with Gasteiger partial charge in [0, 0.05) is 6.42 Å². The number of carbonyl (C=O) groups excluding carboxylic acids is 3. The van der Waals surface area contributed by atoms with E-state index in [1.54, 1.807) is 24.3 Å². The van der Waals surface area contributed by atoms with Crippen LogP contribution in [0.15, 0.2) is 91.0 Å². The molecule has 0 radical (unpaired) electrons. The summed E-state index contributed by atoms with van der Waals surface area (Å²) in [5, 5.41) is 0. The SMILES string of the molecule is CC(=O)CCC(=O)O[C@@H]1[C@@H](OCc2ccccc2)[C@H](OCc2ccccc2)[C@@H](COC(=O)c2ccccc2)O[C@H]1S. The maximum Gasteiger partial charge on any atom is 0.338 e. The van der Waals surface area contributed by atoms with Crippen molar-refractivity contribution in [2.75, 3.05) is 6.61 Å². The Bertz CT molecular complexity index is 1250. The van der Waals surface area contributed by atoms with E-state index in [0.717, 1.165) is 11.1 Å². The first-order valence-electron chi connectivity index (χ1n) is 13.5. The maximum absolute atomic E-state index is 12.7. The van der Waals surface area contributed by atoms with Gasteiger partial charge in [-0.05, 0) is 30.2 Å². The molecule has 0 spiro atoms. The summed E-state index contributed by atoms with van der Waals surface area (Å²) in [5.74, 6) is -1.20.